The largest absolute Gasteiger partial charge is 0.497 e. The Balaban J connectivity index is 0.00000240. The van der Waals surface area contributed by atoms with Gasteiger partial charge in [-0.25, -0.2) is 4.39 Å². The number of fused-ring (bicyclic) bond motifs is 1. The number of aryl methyl sites for hydroxylation is 1. The van der Waals surface area contributed by atoms with Crippen molar-refractivity contribution in [2.45, 2.75) is 31.7 Å². The number of rotatable bonds is 5. The van der Waals surface area contributed by atoms with E-state index in [-0.39, 0.29) is 24.0 Å². The molecule has 29 heavy (non-hydrogen) atoms. The Labute approximate surface area is 178 Å². The Morgan fingerprint density at radius 2 is 1.83 bits per heavy atom. The van der Waals surface area contributed by atoms with Crippen molar-refractivity contribution in [1.29, 1.82) is 0 Å². The Kier molecular flexibility index (Phi) is 7.14. The number of hydrogen-bond donors (Lipinski definition) is 0. The van der Waals surface area contributed by atoms with Crippen molar-refractivity contribution in [3.8, 4) is 5.75 Å². The summed E-state index contributed by atoms with van der Waals surface area (Å²) in [5, 5.41) is 0. The summed E-state index contributed by atoms with van der Waals surface area (Å²) in [6, 6.07) is 12.7. The number of ether oxygens (including phenoxy) is 1. The summed E-state index contributed by atoms with van der Waals surface area (Å²) >= 11 is 0. The molecule has 0 saturated carbocycles. The molecule has 0 aromatic heterocycles. The van der Waals surface area contributed by atoms with Gasteiger partial charge in [0, 0.05) is 43.0 Å². The van der Waals surface area contributed by atoms with E-state index >= 15 is 0 Å². The lowest BCUT2D eigenvalue weighted by atomic mass is 9.95. The van der Waals surface area contributed by atoms with Gasteiger partial charge in [0.1, 0.15) is 11.6 Å². The van der Waals surface area contributed by atoms with Crippen LogP contribution in [0, 0.1) is 5.82 Å². The first-order valence-corrected chi connectivity index (χ1v) is 10.1. The molecule has 6 heteroatoms. The summed E-state index contributed by atoms with van der Waals surface area (Å²) in [4.78, 5) is 17.2. The van der Waals surface area contributed by atoms with Gasteiger partial charge in [0.05, 0.1) is 13.7 Å². The molecule has 1 saturated heterocycles. The zero-order valence-electron chi connectivity index (χ0n) is 16.8. The zero-order chi connectivity index (χ0) is 19.5. The Morgan fingerprint density at radius 1 is 1.10 bits per heavy atom. The first-order valence-electron chi connectivity index (χ1n) is 10.1. The van der Waals surface area contributed by atoms with Crippen molar-refractivity contribution in [3.05, 3.63) is 59.4 Å². The van der Waals surface area contributed by atoms with E-state index in [1.54, 1.807) is 19.2 Å². The van der Waals surface area contributed by atoms with Gasteiger partial charge in [-0.3, -0.25) is 9.69 Å². The van der Waals surface area contributed by atoms with E-state index in [9.17, 15) is 9.18 Å². The van der Waals surface area contributed by atoms with E-state index in [2.05, 4.69) is 21.9 Å². The number of hydrogen-bond acceptors (Lipinski definition) is 4. The number of methoxy groups -OCH3 is 1. The summed E-state index contributed by atoms with van der Waals surface area (Å²) in [5.41, 5.74) is 3.30. The minimum absolute atomic E-state index is 0. The van der Waals surface area contributed by atoms with Crippen molar-refractivity contribution in [3.63, 3.8) is 0 Å². The summed E-state index contributed by atoms with van der Waals surface area (Å²) in [6.45, 7) is 3.31. The van der Waals surface area contributed by atoms with Crippen molar-refractivity contribution >= 4 is 23.9 Å². The predicted molar refractivity (Wildman–Crippen MR) is 116 cm³/mol. The average Bonchev–Trinajstić information content (AvgIpc) is 2.74. The Hall–Kier alpha value is -2.11. The second kappa shape index (κ2) is 9.59. The van der Waals surface area contributed by atoms with Crippen LogP contribution in [-0.4, -0.2) is 50.0 Å². The van der Waals surface area contributed by atoms with Gasteiger partial charge >= 0.3 is 0 Å². The van der Waals surface area contributed by atoms with Gasteiger partial charge in [0.15, 0.2) is 5.78 Å². The molecule has 2 aliphatic rings. The smallest absolute Gasteiger partial charge is 0.176 e. The molecule has 2 heterocycles. The number of likely N-dealkylation sites (tertiary alicyclic amines) is 1. The topological polar surface area (TPSA) is 32.8 Å². The molecule has 0 aliphatic carbocycles. The monoisotopic (exact) mass is 418 g/mol. The highest BCUT2D eigenvalue weighted by Gasteiger charge is 2.29. The summed E-state index contributed by atoms with van der Waals surface area (Å²) < 4.78 is 18.5. The van der Waals surface area contributed by atoms with E-state index in [0.29, 0.717) is 18.2 Å². The molecule has 4 nitrogen and oxygen atoms in total. The van der Waals surface area contributed by atoms with Crippen molar-refractivity contribution < 1.29 is 13.9 Å². The predicted octanol–water partition coefficient (Wildman–Crippen LogP) is 4.36. The van der Waals surface area contributed by atoms with E-state index in [1.807, 2.05) is 6.07 Å². The molecule has 4 rings (SSSR count). The number of benzene rings is 2. The number of nitrogens with zero attached hydrogens (tertiary/aromatic N) is 2. The number of carbonyl (C=O) groups is 1. The molecule has 0 spiro atoms. The average molecular weight is 419 g/mol. The molecule has 2 aromatic rings. The Bertz CT molecular complexity index is 835. The molecule has 2 aromatic carbocycles. The second-order valence-corrected chi connectivity index (χ2v) is 7.73. The number of Topliss-reactive ketones (excluding diaryl/α,β-unsaturated/α-hetero) is 1. The highest BCUT2D eigenvalue weighted by Crippen LogP contribution is 2.34. The lowest BCUT2D eigenvalue weighted by Crippen LogP contribution is -2.47. The van der Waals surface area contributed by atoms with Crippen LogP contribution < -0.4 is 9.64 Å². The lowest BCUT2D eigenvalue weighted by Gasteiger charge is -2.42. The maximum atomic E-state index is 13.0. The minimum Gasteiger partial charge on any atom is -0.497 e. The molecular weight excluding hydrogens is 391 g/mol. The van der Waals surface area contributed by atoms with Crippen LogP contribution in [0.25, 0.3) is 0 Å². The minimum atomic E-state index is -0.309. The van der Waals surface area contributed by atoms with Gasteiger partial charge in [-0.05, 0) is 61.6 Å². The second-order valence-electron chi connectivity index (χ2n) is 7.73. The molecule has 0 unspecified atom stereocenters. The maximum absolute atomic E-state index is 13.0. The molecule has 1 fully saturated rings. The normalized spacial score (nSPS) is 17.4. The standard InChI is InChI=1S/C23H27FN2O2.ClH/c1-28-21-9-6-17-3-2-12-26(22(17)15-21)20-10-13-25(14-11-20)16-23(27)18-4-7-19(24)8-5-18;/h4-9,15,20H,2-3,10-14,16H2,1H3;1H. The number of ketones is 1. The van der Waals surface area contributed by atoms with Gasteiger partial charge in [-0.2, -0.15) is 0 Å². The fraction of sp³-hybridized carbons (Fsp3) is 0.435. The third-order valence-electron chi connectivity index (χ3n) is 5.98. The van der Waals surface area contributed by atoms with Crippen molar-refractivity contribution in [1.82, 2.24) is 4.90 Å². The van der Waals surface area contributed by atoms with Crippen LogP contribution in [-0.2, 0) is 6.42 Å². The van der Waals surface area contributed by atoms with Gasteiger partial charge in [0.2, 0.25) is 0 Å². The molecule has 156 valence electrons. The van der Waals surface area contributed by atoms with E-state index < -0.39 is 0 Å². The fourth-order valence-electron chi connectivity index (χ4n) is 4.41. The molecule has 0 bridgehead atoms. The number of anilines is 1. The van der Waals surface area contributed by atoms with Crippen molar-refractivity contribution in [2.24, 2.45) is 0 Å². The summed E-state index contributed by atoms with van der Waals surface area (Å²) in [5.74, 6) is 0.662. The SMILES string of the molecule is COc1ccc2c(c1)N(C1CCN(CC(=O)c3ccc(F)cc3)CC1)CCC2.Cl. The first-order chi connectivity index (χ1) is 13.6. The first kappa shape index (κ1) is 21.6. The highest BCUT2D eigenvalue weighted by atomic mass is 35.5. The summed E-state index contributed by atoms with van der Waals surface area (Å²) in [7, 11) is 1.71. The van der Waals surface area contributed by atoms with E-state index in [0.717, 1.165) is 44.6 Å². The van der Waals surface area contributed by atoms with Crippen LogP contribution >= 0.6 is 12.4 Å². The van der Waals surface area contributed by atoms with E-state index in [4.69, 9.17) is 4.74 Å². The quantitative estimate of drug-likeness (QED) is 0.675. The van der Waals surface area contributed by atoms with Crippen LogP contribution in [0.15, 0.2) is 42.5 Å². The number of piperidine rings is 1. The molecular formula is C23H28ClFN2O2. The fourth-order valence-corrected chi connectivity index (χ4v) is 4.41. The number of carbonyl (C=O) groups excluding carboxylic acids is 1. The third-order valence-corrected chi connectivity index (χ3v) is 5.98. The van der Waals surface area contributed by atoms with Gasteiger partial charge < -0.3 is 9.64 Å². The van der Waals surface area contributed by atoms with Gasteiger partial charge in [0.25, 0.3) is 0 Å². The number of halogens is 2. The third kappa shape index (κ3) is 4.90. The molecule has 2 aliphatic heterocycles. The molecule has 0 N–H and O–H groups in total. The van der Waals surface area contributed by atoms with Crippen molar-refractivity contribution in [2.75, 3.05) is 38.2 Å². The Morgan fingerprint density at radius 3 is 2.52 bits per heavy atom. The van der Waals surface area contributed by atoms with Crippen LogP contribution in [0.3, 0.4) is 0 Å². The zero-order valence-corrected chi connectivity index (χ0v) is 17.6. The molecule has 0 radical (unpaired) electrons. The maximum Gasteiger partial charge on any atom is 0.176 e. The summed E-state index contributed by atoms with van der Waals surface area (Å²) in [6.07, 6.45) is 4.41. The van der Waals surface area contributed by atoms with Crippen LogP contribution in [0.1, 0.15) is 35.2 Å². The van der Waals surface area contributed by atoms with Crippen LogP contribution in [0.5, 0.6) is 5.75 Å². The van der Waals surface area contributed by atoms with Crippen LogP contribution in [0.4, 0.5) is 10.1 Å². The molecule has 0 atom stereocenters. The van der Waals surface area contributed by atoms with E-state index in [1.165, 1.54) is 29.8 Å². The van der Waals surface area contributed by atoms with Gasteiger partial charge in [-0.1, -0.05) is 6.07 Å². The molecule has 0 amide bonds. The lowest BCUT2D eigenvalue weighted by molar-refractivity contribution is 0.0908. The highest BCUT2D eigenvalue weighted by molar-refractivity contribution is 5.97. The van der Waals surface area contributed by atoms with Crippen LogP contribution in [0.2, 0.25) is 0 Å². The van der Waals surface area contributed by atoms with Gasteiger partial charge in [-0.15, -0.1) is 12.4 Å².